The first-order chi connectivity index (χ1) is 19.7. The molecule has 0 aliphatic rings. The van der Waals surface area contributed by atoms with Crippen molar-refractivity contribution in [3.63, 3.8) is 0 Å². The normalized spacial score (nSPS) is 11.2. The Balaban J connectivity index is 0.000000220. The number of allylic oxidation sites excluding steroid dienone is 4. The van der Waals surface area contributed by atoms with Crippen molar-refractivity contribution in [2.24, 2.45) is 9.98 Å². The summed E-state index contributed by atoms with van der Waals surface area (Å²) < 4.78 is 0. The Morgan fingerprint density at radius 1 is 0.425 bits per heavy atom. The topological polar surface area (TPSA) is 24.7 Å². The zero-order valence-corrected chi connectivity index (χ0v) is 24.4. The van der Waals surface area contributed by atoms with Crippen LogP contribution >= 0.6 is 0 Å². The molecule has 4 aromatic carbocycles. The van der Waals surface area contributed by atoms with Crippen LogP contribution in [0.3, 0.4) is 0 Å². The van der Waals surface area contributed by atoms with Crippen LogP contribution in [0.4, 0.5) is 0 Å². The third-order valence-electron chi connectivity index (χ3n) is 6.30. The lowest BCUT2D eigenvalue weighted by Gasteiger charge is -2.08. The molecule has 0 spiro atoms. The predicted octanol–water partition coefficient (Wildman–Crippen LogP) is 10.5. The smallest absolute Gasteiger partial charge is 0.0777 e. The fourth-order valence-electron chi connectivity index (χ4n) is 4.27. The number of nitrogens with zero attached hydrogens (tertiary/aromatic N) is 2. The van der Waals surface area contributed by atoms with E-state index in [9.17, 15) is 0 Å². The quantitative estimate of drug-likeness (QED) is 0.184. The molecule has 0 aliphatic carbocycles. The van der Waals surface area contributed by atoms with Gasteiger partial charge in [-0.2, -0.15) is 0 Å². The molecule has 0 saturated carbocycles. The second kappa shape index (κ2) is 17.3. The van der Waals surface area contributed by atoms with Gasteiger partial charge in [0, 0.05) is 33.6 Å². The van der Waals surface area contributed by atoms with E-state index in [0.29, 0.717) is 0 Å². The Labute approximate surface area is 241 Å². The minimum absolute atomic E-state index is 0.955. The van der Waals surface area contributed by atoms with Crippen molar-refractivity contribution in [2.75, 3.05) is 0 Å². The molecule has 4 rings (SSSR count). The van der Waals surface area contributed by atoms with Crippen LogP contribution in [0.5, 0.6) is 0 Å². The summed E-state index contributed by atoms with van der Waals surface area (Å²) in [6.45, 7) is 8.60. The van der Waals surface area contributed by atoms with E-state index >= 15 is 0 Å². The molecule has 204 valence electrons. The Morgan fingerprint density at radius 2 is 0.675 bits per heavy atom. The molecule has 0 amide bonds. The Hall–Kier alpha value is -4.30. The summed E-state index contributed by atoms with van der Waals surface area (Å²) in [4.78, 5) is 9.81. The number of benzene rings is 4. The van der Waals surface area contributed by atoms with E-state index in [1.54, 1.807) is 0 Å². The fourth-order valence-corrected chi connectivity index (χ4v) is 4.27. The van der Waals surface area contributed by atoms with E-state index in [2.05, 4.69) is 137 Å². The van der Waals surface area contributed by atoms with Crippen LogP contribution in [0.15, 0.2) is 155 Å². The minimum Gasteiger partial charge on any atom is -0.253 e. The highest BCUT2D eigenvalue weighted by Gasteiger charge is 2.08. The summed E-state index contributed by atoms with van der Waals surface area (Å²) >= 11 is 0. The summed E-state index contributed by atoms with van der Waals surface area (Å²) in [7, 11) is 0. The Bertz CT molecular complexity index is 1190. The highest BCUT2D eigenvalue weighted by atomic mass is 14.8. The van der Waals surface area contributed by atoms with Gasteiger partial charge in [-0.1, -0.05) is 161 Å². The van der Waals surface area contributed by atoms with Crippen molar-refractivity contribution >= 4 is 11.4 Å². The molecule has 0 atom stereocenters. The maximum absolute atomic E-state index is 4.90. The molecule has 0 bridgehead atoms. The molecule has 40 heavy (non-hydrogen) atoms. The van der Waals surface area contributed by atoms with Gasteiger partial charge in [-0.15, -0.1) is 0 Å². The maximum Gasteiger partial charge on any atom is 0.0777 e. The molecule has 0 heterocycles. The molecule has 0 N–H and O–H groups in total. The zero-order chi connectivity index (χ0) is 28.4. The Kier molecular flexibility index (Phi) is 13.1. The van der Waals surface area contributed by atoms with Gasteiger partial charge in [0.15, 0.2) is 0 Å². The van der Waals surface area contributed by atoms with Crippen LogP contribution < -0.4 is 0 Å². The van der Waals surface area contributed by atoms with Crippen molar-refractivity contribution in [1.82, 2.24) is 0 Å². The van der Waals surface area contributed by atoms with Crippen LogP contribution in [0.25, 0.3) is 0 Å². The van der Waals surface area contributed by atoms with E-state index in [1.165, 1.54) is 0 Å². The van der Waals surface area contributed by atoms with Crippen molar-refractivity contribution < 1.29 is 0 Å². The molecular weight excluding hydrogens is 484 g/mol. The van der Waals surface area contributed by atoms with Crippen LogP contribution in [0.1, 0.15) is 75.6 Å². The van der Waals surface area contributed by atoms with E-state index in [-0.39, 0.29) is 0 Å². The summed E-state index contributed by atoms with van der Waals surface area (Å²) in [6.07, 6.45) is 8.35. The summed E-state index contributed by atoms with van der Waals surface area (Å²) in [5.41, 5.74) is 9.04. The monoisotopic (exact) mass is 526 g/mol. The average molecular weight is 527 g/mol. The predicted molar refractivity (Wildman–Crippen MR) is 174 cm³/mol. The van der Waals surface area contributed by atoms with Gasteiger partial charge in [0.2, 0.25) is 0 Å². The first-order valence-corrected chi connectivity index (χ1v) is 14.5. The summed E-state index contributed by atoms with van der Waals surface area (Å²) in [5.74, 6) is 0. The van der Waals surface area contributed by atoms with E-state index in [1.807, 2.05) is 24.3 Å². The van der Waals surface area contributed by atoms with Gasteiger partial charge >= 0.3 is 0 Å². The van der Waals surface area contributed by atoms with Crippen LogP contribution in [0, 0.1) is 0 Å². The molecule has 0 aromatic heterocycles. The van der Waals surface area contributed by atoms with E-state index in [4.69, 9.17) is 9.98 Å². The van der Waals surface area contributed by atoms with Gasteiger partial charge < -0.3 is 0 Å². The largest absolute Gasteiger partial charge is 0.253 e. The highest BCUT2D eigenvalue weighted by molar-refractivity contribution is 6.14. The third-order valence-corrected chi connectivity index (χ3v) is 6.30. The molecule has 4 aromatic rings. The first-order valence-electron chi connectivity index (χ1n) is 14.5. The molecular formula is C38H42N2. The van der Waals surface area contributed by atoms with Gasteiger partial charge in [0.05, 0.1) is 11.4 Å². The average Bonchev–Trinajstić information content (AvgIpc) is 3.03. The van der Waals surface area contributed by atoms with Crippen LogP contribution in [0.2, 0.25) is 0 Å². The maximum atomic E-state index is 4.90. The van der Waals surface area contributed by atoms with Crippen LogP contribution in [-0.4, -0.2) is 11.4 Å². The van der Waals surface area contributed by atoms with Gasteiger partial charge in [-0.3, -0.25) is 9.98 Å². The number of hydrogen-bond acceptors (Lipinski definition) is 2. The Morgan fingerprint density at radius 3 is 0.875 bits per heavy atom. The van der Waals surface area contributed by atoms with Crippen molar-refractivity contribution in [1.29, 1.82) is 0 Å². The molecule has 0 aliphatic heterocycles. The minimum atomic E-state index is 0.955. The van der Waals surface area contributed by atoms with Crippen molar-refractivity contribution in [2.45, 2.75) is 53.4 Å². The number of rotatable bonds is 10. The molecule has 0 fully saturated rings. The lowest BCUT2D eigenvalue weighted by Crippen LogP contribution is -2.03. The molecule has 0 radical (unpaired) electrons. The number of hydrogen-bond donors (Lipinski definition) is 0. The lowest BCUT2D eigenvalue weighted by atomic mass is 10.0. The van der Waals surface area contributed by atoms with Crippen molar-refractivity contribution in [3.05, 3.63) is 167 Å². The third kappa shape index (κ3) is 9.47. The van der Waals surface area contributed by atoms with Gasteiger partial charge in [-0.25, -0.2) is 0 Å². The molecule has 0 saturated heterocycles. The lowest BCUT2D eigenvalue weighted by molar-refractivity contribution is 1.03. The van der Waals surface area contributed by atoms with E-state index < -0.39 is 0 Å². The zero-order valence-electron chi connectivity index (χ0n) is 24.4. The summed E-state index contributed by atoms with van der Waals surface area (Å²) in [6, 6.07) is 41.5. The van der Waals surface area contributed by atoms with Gasteiger partial charge in [0.25, 0.3) is 0 Å². The number of aliphatic imine (C=N–C) groups is 2. The summed E-state index contributed by atoms with van der Waals surface area (Å²) in [5, 5.41) is 0. The second-order valence-corrected chi connectivity index (χ2v) is 9.30. The van der Waals surface area contributed by atoms with Gasteiger partial charge in [0.1, 0.15) is 0 Å². The standard InChI is InChI=1S/2C19H21N/c2*1-3-11-18(4-2)20-19(16-12-7-5-8-13-16)17-14-9-6-10-15-17/h2*5-15H,3-4H2,1-2H3/b2*18-11-. The fraction of sp³-hybridized carbons (Fsp3) is 0.211. The highest BCUT2D eigenvalue weighted by Crippen LogP contribution is 2.16. The molecule has 2 nitrogen and oxygen atoms in total. The SMILES string of the molecule is CC/C=C(/CC)N=C(c1ccccc1)c1ccccc1.CC/C=C(/CC)N=C(c1ccccc1)c1ccccc1. The first kappa shape index (κ1) is 30.2. The molecule has 2 heteroatoms. The van der Waals surface area contributed by atoms with E-state index in [0.717, 1.165) is 70.8 Å². The second-order valence-electron chi connectivity index (χ2n) is 9.30. The van der Waals surface area contributed by atoms with Crippen molar-refractivity contribution in [3.8, 4) is 0 Å². The molecule has 0 unspecified atom stereocenters. The van der Waals surface area contributed by atoms with Gasteiger partial charge in [-0.05, 0) is 25.7 Å². The van der Waals surface area contributed by atoms with Crippen LogP contribution in [-0.2, 0) is 0 Å².